The van der Waals surface area contributed by atoms with Gasteiger partial charge in [-0.1, -0.05) is 6.92 Å². The fourth-order valence-electron chi connectivity index (χ4n) is 1.04. The van der Waals surface area contributed by atoms with Gasteiger partial charge < -0.3 is 0 Å². The van der Waals surface area contributed by atoms with Gasteiger partial charge in [0.25, 0.3) is 0 Å². The molecule has 0 spiro atoms. The van der Waals surface area contributed by atoms with Gasteiger partial charge in [-0.25, -0.2) is 8.78 Å². The second kappa shape index (κ2) is 5.11. The fourth-order valence-corrected chi connectivity index (χ4v) is 1.69. The number of benzene rings is 1. The van der Waals surface area contributed by atoms with E-state index in [0.29, 0.717) is 11.8 Å². The van der Waals surface area contributed by atoms with Crippen molar-refractivity contribution in [3.8, 4) is 0 Å². The molecule has 2 nitrogen and oxygen atoms in total. The lowest BCUT2D eigenvalue weighted by atomic mass is 10.1. The van der Waals surface area contributed by atoms with Gasteiger partial charge in [0.1, 0.15) is 11.6 Å². The lowest BCUT2D eigenvalue weighted by Gasteiger charge is -2.01. The van der Waals surface area contributed by atoms with Crippen molar-refractivity contribution in [3.05, 3.63) is 35.4 Å². The minimum Gasteiger partial charge on any atom is -0.293 e. The van der Waals surface area contributed by atoms with Crippen molar-refractivity contribution in [2.45, 2.75) is 6.92 Å². The number of halogens is 2. The van der Waals surface area contributed by atoms with Gasteiger partial charge >= 0.3 is 0 Å². The van der Waals surface area contributed by atoms with Gasteiger partial charge in [0.05, 0.1) is 11.3 Å². The van der Waals surface area contributed by atoms with Crippen molar-refractivity contribution < 1.29 is 17.8 Å². The van der Waals surface area contributed by atoms with Crippen LogP contribution in [0.1, 0.15) is 17.3 Å². The number of Topliss-reactive ketones (excluding diaryl/α,β-unsaturated/α-hetero) is 1. The summed E-state index contributed by atoms with van der Waals surface area (Å²) in [5.41, 5.74) is -0.210. The Morgan fingerprint density at radius 2 is 2.07 bits per heavy atom. The first-order chi connectivity index (χ1) is 7.04. The molecule has 0 aliphatic carbocycles. The zero-order valence-corrected chi connectivity index (χ0v) is 8.94. The Morgan fingerprint density at radius 3 is 2.60 bits per heavy atom. The van der Waals surface area contributed by atoms with Crippen LogP contribution in [0.5, 0.6) is 0 Å². The second-order valence-corrected chi connectivity index (χ2v) is 4.67. The van der Waals surface area contributed by atoms with E-state index in [9.17, 15) is 17.8 Å². The number of hydrogen-bond acceptors (Lipinski definition) is 2. The Balaban J connectivity index is 2.87. The Kier molecular flexibility index (Phi) is 4.08. The van der Waals surface area contributed by atoms with Gasteiger partial charge in [0.2, 0.25) is 0 Å². The Bertz CT molecular complexity index is 404. The molecule has 0 fully saturated rings. The number of hydrogen-bond donors (Lipinski definition) is 0. The summed E-state index contributed by atoms with van der Waals surface area (Å²) < 4.78 is 36.7. The monoisotopic (exact) mass is 232 g/mol. The molecule has 0 amide bonds. The van der Waals surface area contributed by atoms with Gasteiger partial charge in [-0.05, 0) is 12.1 Å². The highest BCUT2D eigenvalue weighted by Gasteiger charge is 2.14. The van der Waals surface area contributed by atoms with Gasteiger partial charge in [-0.3, -0.25) is 9.00 Å². The van der Waals surface area contributed by atoms with Crippen LogP contribution in [0.15, 0.2) is 18.2 Å². The van der Waals surface area contributed by atoms with Crippen molar-refractivity contribution in [1.82, 2.24) is 0 Å². The van der Waals surface area contributed by atoms with Crippen LogP contribution in [0.3, 0.4) is 0 Å². The molecule has 0 aromatic heterocycles. The molecule has 0 aliphatic rings. The highest BCUT2D eigenvalue weighted by atomic mass is 32.2. The van der Waals surface area contributed by atoms with Gasteiger partial charge in [-0.15, -0.1) is 0 Å². The first-order valence-electron chi connectivity index (χ1n) is 4.37. The van der Waals surface area contributed by atoms with Gasteiger partial charge in [0.15, 0.2) is 5.78 Å². The maximum absolute atomic E-state index is 13.1. The van der Waals surface area contributed by atoms with Gasteiger partial charge in [0, 0.05) is 22.6 Å². The van der Waals surface area contributed by atoms with Crippen LogP contribution >= 0.6 is 0 Å². The van der Waals surface area contributed by atoms with E-state index in [0.717, 1.165) is 12.1 Å². The van der Waals surface area contributed by atoms with Crippen LogP contribution in [0.2, 0.25) is 0 Å². The van der Waals surface area contributed by atoms with E-state index in [1.54, 1.807) is 6.92 Å². The Hall–Kier alpha value is -1.10. The number of ketones is 1. The minimum absolute atomic E-state index is 0.210. The molecule has 1 unspecified atom stereocenters. The van der Waals surface area contributed by atoms with Crippen molar-refractivity contribution in [1.29, 1.82) is 0 Å². The Labute approximate surface area is 88.8 Å². The second-order valence-electron chi connectivity index (χ2n) is 2.92. The van der Waals surface area contributed by atoms with E-state index < -0.39 is 28.2 Å². The lowest BCUT2D eigenvalue weighted by Crippen LogP contribution is -2.13. The predicted octanol–water partition coefficient (Wildman–Crippen LogP) is 1.92. The molecule has 1 aromatic rings. The van der Waals surface area contributed by atoms with Crippen LogP contribution in [-0.4, -0.2) is 21.5 Å². The third-order valence-electron chi connectivity index (χ3n) is 1.85. The molecule has 0 saturated carbocycles. The predicted molar refractivity (Wildman–Crippen MR) is 54.2 cm³/mol. The third kappa shape index (κ3) is 3.20. The summed E-state index contributed by atoms with van der Waals surface area (Å²) in [6.07, 6.45) is 0. The van der Waals surface area contributed by atoms with Crippen molar-refractivity contribution in [2.24, 2.45) is 0 Å². The summed E-state index contributed by atoms with van der Waals surface area (Å²) in [5.74, 6) is -2.09. The molecule has 0 N–H and O–H groups in total. The van der Waals surface area contributed by atoms with E-state index in [2.05, 4.69) is 0 Å². The summed E-state index contributed by atoms with van der Waals surface area (Å²) >= 11 is 0. The topological polar surface area (TPSA) is 34.1 Å². The first kappa shape index (κ1) is 12.0. The highest BCUT2D eigenvalue weighted by Crippen LogP contribution is 2.10. The molecule has 0 aliphatic heterocycles. The number of carbonyl (C=O) groups excluding carboxylic acids is 1. The summed E-state index contributed by atoms with van der Waals surface area (Å²) in [7, 11) is -1.28. The lowest BCUT2D eigenvalue weighted by molar-refractivity contribution is 0.101. The van der Waals surface area contributed by atoms with E-state index in [-0.39, 0.29) is 11.3 Å². The first-order valence-corrected chi connectivity index (χ1v) is 5.86. The molecule has 1 rings (SSSR count). The van der Waals surface area contributed by atoms with Crippen molar-refractivity contribution >= 4 is 16.6 Å². The molecule has 0 bridgehead atoms. The number of rotatable bonds is 4. The SMILES string of the molecule is CCS(=O)CC(=O)c1ccc(F)cc1F. The van der Waals surface area contributed by atoms with Crippen LogP contribution in [0, 0.1) is 11.6 Å². The van der Waals surface area contributed by atoms with Crippen molar-refractivity contribution in [3.63, 3.8) is 0 Å². The van der Waals surface area contributed by atoms with Crippen LogP contribution < -0.4 is 0 Å². The average molecular weight is 232 g/mol. The molecule has 1 atom stereocenters. The molecule has 82 valence electrons. The summed E-state index contributed by atoms with van der Waals surface area (Å²) in [5, 5.41) is 0. The van der Waals surface area contributed by atoms with E-state index in [1.807, 2.05) is 0 Å². The van der Waals surface area contributed by atoms with E-state index in [1.165, 1.54) is 0 Å². The maximum atomic E-state index is 13.1. The number of carbonyl (C=O) groups is 1. The standard InChI is InChI=1S/C10H10F2O2S/c1-2-15(14)6-10(13)8-4-3-7(11)5-9(8)12/h3-5H,2,6H2,1H3. The third-order valence-corrected chi connectivity index (χ3v) is 3.07. The zero-order chi connectivity index (χ0) is 11.4. The Morgan fingerprint density at radius 1 is 1.40 bits per heavy atom. The minimum atomic E-state index is -1.28. The molecule has 5 heteroatoms. The van der Waals surface area contributed by atoms with Crippen LogP contribution in [0.4, 0.5) is 8.78 Å². The fraction of sp³-hybridized carbons (Fsp3) is 0.300. The molecule has 0 saturated heterocycles. The molecule has 0 radical (unpaired) electrons. The van der Waals surface area contributed by atoms with Crippen molar-refractivity contribution in [2.75, 3.05) is 11.5 Å². The van der Waals surface area contributed by atoms with Gasteiger partial charge in [-0.2, -0.15) is 0 Å². The zero-order valence-electron chi connectivity index (χ0n) is 8.13. The molecular formula is C10H10F2O2S. The van der Waals surface area contributed by atoms with Crippen LogP contribution in [0.25, 0.3) is 0 Å². The van der Waals surface area contributed by atoms with E-state index >= 15 is 0 Å². The summed E-state index contributed by atoms with van der Waals surface area (Å²) in [4.78, 5) is 11.4. The maximum Gasteiger partial charge on any atom is 0.178 e. The summed E-state index contributed by atoms with van der Waals surface area (Å²) in [6.45, 7) is 1.67. The normalized spacial score (nSPS) is 12.5. The summed E-state index contributed by atoms with van der Waals surface area (Å²) in [6, 6.07) is 2.72. The largest absolute Gasteiger partial charge is 0.293 e. The van der Waals surface area contributed by atoms with Crippen LogP contribution in [-0.2, 0) is 10.8 Å². The smallest absolute Gasteiger partial charge is 0.178 e. The molecular weight excluding hydrogens is 222 g/mol. The molecule has 15 heavy (non-hydrogen) atoms. The average Bonchev–Trinajstić information content (AvgIpc) is 2.17. The highest BCUT2D eigenvalue weighted by molar-refractivity contribution is 7.85. The van der Waals surface area contributed by atoms with E-state index in [4.69, 9.17) is 0 Å². The molecule has 0 heterocycles. The molecule has 1 aromatic carbocycles. The quantitative estimate of drug-likeness (QED) is 0.743.